The molecule has 0 radical (unpaired) electrons. The van der Waals surface area contributed by atoms with Crippen molar-refractivity contribution in [2.45, 2.75) is 43.9 Å². The highest BCUT2D eigenvalue weighted by molar-refractivity contribution is 6.39. The number of ketones is 1. The second kappa shape index (κ2) is 8.27. The van der Waals surface area contributed by atoms with Crippen molar-refractivity contribution < 1.29 is 19.8 Å². The van der Waals surface area contributed by atoms with Crippen molar-refractivity contribution in [3.8, 4) is 0 Å². The van der Waals surface area contributed by atoms with E-state index in [0.717, 1.165) is 12.8 Å². The third kappa shape index (κ3) is 4.53. The number of nitrogens with zero attached hydrogens (tertiary/aromatic N) is 1. The summed E-state index contributed by atoms with van der Waals surface area (Å²) >= 11 is 0. The van der Waals surface area contributed by atoms with Gasteiger partial charge >= 0.3 is 5.97 Å². The van der Waals surface area contributed by atoms with Crippen molar-refractivity contribution in [2.75, 3.05) is 7.05 Å². The van der Waals surface area contributed by atoms with E-state index in [-0.39, 0.29) is 24.1 Å². The molecule has 2 bridgehead atoms. The third-order valence-electron chi connectivity index (χ3n) is 4.30. The lowest BCUT2D eigenvalue weighted by molar-refractivity contribution is -0.131. The van der Waals surface area contributed by atoms with Crippen LogP contribution in [0.5, 0.6) is 0 Å². The number of carbonyl (C=O) groups is 2. The van der Waals surface area contributed by atoms with Crippen LogP contribution in [0.3, 0.4) is 0 Å². The molecule has 2 aliphatic rings. The largest absolute Gasteiger partial charge is 0.475 e. The first-order valence-corrected chi connectivity index (χ1v) is 7.21. The van der Waals surface area contributed by atoms with Gasteiger partial charge in [0.05, 0.1) is 6.10 Å². The number of aliphatic hydroxyl groups excluding tert-OH is 1. The fourth-order valence-electron chi connectivity index (χ4n) is 3.10. The average molecular weight is 328 g/mol. The smallest absolute Gasteiger partial charge is 0.377 e. The highest BCUT2D eigenvalue weighted by atomic mass is 35.5. The van der Waals surface area contributed by atoms with Gasteiger partial charge in [0.15, 0.2) is 0 Å². The number of hydrogen-bond donors (Lipinski definition) is 2. The summed E-state index contributed by atoms with van der Waals surface area (Å²) in [4.78, 5) is 23.3. The number of benzene rings is 1. The molecule has 0 amide bonds. The number of piperidine rings is 1. The molecular weight excluding hydrogens is 306 g/mol. The summed E-state index contributed by atoms with van der Waals surface area (Å²) in [6.07, 6.45) is 4.62. The van der Waals surface area contributed by atoms with Crippen LogP contribution in [0.4, 0.5) is 0 Å². The van der Waals surface area contributed by atoms with E-state index in [2.05, 4.69) is 11.9 Å². The minimum Gasteiger partial charge on any atom is -0.475 e. The molecular formula is C16H22ClNO4. The van der Waals surface area contributed by atoms with Crippen LogP contribution in [-0.2, 0) is 4.79 Å². The van der Waals surface area contributed by atoms with Gasteiger partial charge in [0.25, 0.3) is 5.78 Å². The number of halogens is 1. The zero-order chi connectivity index (χ0) is 15.4. The number of carboxylic acids is 1. The Balaban J connectivity index is 0.000000211. The Labute approximate surface area is 136 Å². The van der Waals surface area contributed by atoms with E-state index < -0.39 is 11.8 Å². The summed E-state index contributed by atoms with van der Waals surface area (Å²) in [6, 6.07) is 9.28. The van der Waals surface area contributed by atoms with Gasteiger partial charge in [-0.15, -0.1) is 12.4 Å². The first-order valence-electron chi connectivity index (χ1n) is 7.21. The van der Waals surface area contributed by atoms with Gasteiger partial charge in [-0.05, 0) is 32.7 Å². The van der Waals surface area contributed by atoms with Crippen LogP contribution >= 0.6 is 12.4 Å². The van der Waals surface area contributed by atoms with E-state index >= 15 is 0 Å². The van der Waals surface area contributed by atoms with Gasteiger partial charge in [0.1, 0.15) is 0 Å². The molecule has 1 unspecified atom stereocenters. The second-order valence-electron chi connectivity index (χ2n) is 5.68. The lowest BCUT2D eigenvalue weighted by Crippen LogP contribution is -2.41. The Morgan fingerprint density at radius 3 is 2.05 bits per heavy atom. The lowest BCUT2D eigenvalue weighted by Gasteiger charge is -2.33. The minimum atomic E-state index is -1.42. The second-order valence-corrected chi connectivity index (χ2v) is 5.68. The van der Waals surface area contributed by atoms with Crippen LogP contribution < -0.4 is 0 Å². The average Bonchev–Trinajstić information content (AvgIpc) is 2.70. The van der Waals surface area contributed by atoms with E-state index in [1.807, 2.05) is 0 Å². The molecule has 2 heterocycles. The van der Waals surface area contributed by atoms with E-state index in [4.69, 9.17) is 5.11 Å². The van der Waals surface area contributed by atoms with Crippen molar-refractivity contribution in [3.05, 3.63) is 35.9 Å². The highest BCUT2D eigenvalue weighted by Gasteiger charge is 2.37. The third-order valence-corrected chi connectivity index (χ3v) is 4.30. The van der Waals surface area contributed by atoms with Crippen molar-refractivity contribution in [2.24, 2.45) is 0 Å². The molecule has 6 heteroatoms. The van der Waals surface area contributed by atoms with Crippen LogP contribution in [0.1, 0.15) is 36.0 Å². The fraction of sp³-hybridized carbons (Fsp3) is 0.500. The number of fused-ring (bicyclic) bond motifs is 2. The fourth-order valence-corrected chi connectivity index (χ4v) is 3.10. The van der Waals surface area contributed by atoms with Crippen molar-refractivity contribution in [1.29, 1.82) is 0 Å². The van der Waals surface area contributed by atoms with Crippen LogP contribution in [0.25, 0.3) is 0 Å². The van der Waals surface area contributed by atoms with E-state index in [9.17, 15) is 14.7 Å². The van der Waals surface area contributed by atoms with E-state index in [1.54, 1.807) is 18.2 Å². The molecule has 0 spiro atoms. The van der Waals surface area contributed by atoms with Gasteiger partial charge in [0, 0.05) is 17.6 Å². The van der Waals surface area contributed by atoms with E-state index in [1.165, 1.54) is 25.0 Å². The Hall–Kier alpha value is -1.43. The minimum absolute atomic E-state index is 0. The standard InChI is InChI=1S/C8H15NO.C8H6O3.ClH/c1-9-6-2-3-7(9)5-8(10)4-6;9-7(8(10)11)6-4-2-1-3-5-6;/h6-8,10H,2-5H2,1H3;1-5H,(H,10,11);1H/t6-,7+,8?;;. The number of aliphatic carboxylic acids is 1. The van der Waals surface area contributed by atoms with Crippen molar-refractivity contribution in [3.63, 3.8) is 0 Å². The molecule has 0 aromatic heterocycles. The molecule has 2 saturated heterocycles. The number of hydrogen-bond acceptors (Lipinski definition) is 4. The SMILES string of the molecule is CN1[C@@H]2CC[C@H]1CC(O)C2.Cl.O=C(O)C(=O)c1ccccc1. The van der Waals surface area contributed by atoms with Crippen LogP contribution in [0.15, 0.2) is 30.3 Å². The Morgan fingerprint density at radius 2 is 1.59 bits per heavy atom. The zero-order valence-electron chi connectivity index (χ0n) is 12.5. The molecule has 2 N–H and O–H groups in total. The van der Waals surface area contributed by atoms with Gasteiger partial charge in [-0.1, -0.05) is 30.3 Å². The summed E-state index contributed by atoms with van der Waals surface area (Å²) in [7, 11) is 2.19. The molecule has 1 aromatic rings. The summed E-state index contributed by atoms with van der Waals surface area (Å²) in [5.41, 5.74) is 0.208. The Kier molecular flexibility index (Phi) is 7.00. The Morgan fingerprint density at radius 1 is 1.09 bits per heavy atom. The predicted octanol–water partition coefficient (Wildman–Crippen LogP) is 1.98. The summed E-state index contributed by atoms with van der Waals surface area (Å²) in [6.45, 7) is 0. The molecule has 0 saturated carbocycles. The number of carboxylic acid groups (broad SMARTS) is 1. The molecule has 5 nitrogen and oxygen atoms in total. The number of rotatable bonds is 2. The van der Waals surface area contributed by atoms with Crippen LogP contribution in [0, 0.1) is 0 Å². The highest BCUT2D eigenvalue weighted by Crippen LogP contribution is 2.33. The quantitative estimate of drug-likeness (QED) is 0.641. The topological polar surface area (TPSA) is 77.8 Å². The first-order chi connectivity index (χ1) is 9.99. The maximum absolute atomic E-state index is 10.7. The molecule has 1 aromatic carbocycles. The monoisotopic (exact) mass is 327 g/mol. The normalized spacial score (nSPS) is 26.4. The van der Waals surface area contributed by atoms with Crippen molar-refractivity contribution >= 4 is 24.2 Å². The van der Waals surface area contributed by atoms with Crippen LogP contribution in [0.2, 0.25) is 0 Å². The van der Waals surface area contributed by atoms with E-state index in [0.29, 0.717) is 12.1 Å². The molecule has 122 valence electrons. The van der Waals surface area contributed by atoms with Crippen LogP contribution in [-0.4, -0.2) is 52.1 Å². The van der Waals surface area contributed by atoms with Crippen molar-refractivity contribution in [1.82, 2.24) is 4.90 Å². The summed E-state index contributed by atoms with van der Waals surface area (Å²) in [5.74, 6) is -2.29. The van der Waals surface area contributed by atoms with Gasteiger partial charge in [-0.25, -0.2) is 4.79 Å². The maximum Gasteiger partial charge on any atom is 0.377 e. The summed E-state index contributed by atoms with van der Waals surface area (Å²) in [5, 5.41) is 17.7. The lowest BCUT2D eigenvalue weighted by atomic mass is 10.0. The van der Waals surface area contributed by atoms with Gasteiger partial charge in [0.2, 0.25) is 0 Å². The van der Waals surface area contributed by atoms with Gasteiger partial charge < -0.3 is 15.1 Å². The maximum atomic E-state index is 10.7. The van der Waals surface area contributed by atoms with Gasteiger partial charge in [-0.2, -0.15) is 0 Å². The summed E-state index contributed by atoms with van der Waals surface area (Å²) < 4.78 is 0. The Bertz CT molecular complexity index is 494. The number of Topliss-reactive ketones (excluding diaryl/α,β-unsaturated/α-hetero) is 1. The molecule has 3 atom stereocenters. The molecule has 3 rings (SSSR count). The molecule has 2 fully saturated rings. The number of aliphatic hydroxyl groups is 1. The molecule has 0 aliphatic carbocycles. The number of carbonyl (C=O) groups excluding carboxylic acids is 1. The predicted molar refractivity (Wildman–Crippen MR) is 85.5 cm³/mol. The van der Waals surface area contributed by atoms with Gasteiger partial charge in [-0.3, -0.25) is 4.79 Å². The zero-order valence-corrected chi connectivity index (χ0v) is 13.3. The molecule has 2 aliphatic heterocycles. The molecule has 22 heavy (non-hydrogen) atoms. The first kappa shape index (κ1) is 18.6.